The summed E-state index contributed by atoms with van der Waals surface area (Å²) in [6, 6.07) is 0. The minimum Gasteiger partial charge on any atom is -0.391 e. The molecule has 0 bridgehead atoms. The molecule has 1 aliphatic rings. The average Bonchev–Trinajstić information content (AvgIpc) is 2.42. The van der Waals surface area contributed by atoms with Crippen LogP contribution in [0.3, 0.4) is 0 Å². The molecule has 0 saturated heterocycles. The zero-order valence-electron chi connectivity index (χ0n) is 4.70. The van der Waals surface area contributed by atoms with E-state index in [0.29, 0.717) is 0 Å². The number of rotatable bonds is 2. The minimum atomic E-state index is 1.06. The van der Waals surface area contributed by atoms with Gasteiger partial charge in [0.05, 0.1) is 0 Å². The fourth-order valence-corrected chi connectivity index (χ4v) is 0.463. The molecular weight excluding hydrogens is 86.1 g/mol. The minimum absolute atomic E-state index is 1.06. The molecule has 0 amide bonds. The summed E-state index contributed by atoms with van der Waals surface area (Å²) in [6.07, 6.45) is 4.78. The van der Waals surface area contributed by atoms with Crippen LogP contribution in [0.5, 0.6) is 0 Å². The molecule has 7 heavy (non-hydrogen) atoms. The van der Waals surface area contributed by atoms with Crippen molar-refractivity contribution in [3.63, 3.8) is 0 Å². The molecule has 1 nitrogen and oxygen atoms in total. The van der Waals surface area contributed by atoms with E-state index < -0.39 is 0 Å². The van der Waals surface area contributed by atoms with Gasteiger partial charge in [0.15, 0.2) is 0 Å². The second-order valence-electron chi connectivity index (χ2n) is 1.86. The first kappa shape index (κ1) is 4.69. The lowest BCUT2D eigenvalue weighted by Crippen LogP contribution is -2.00. The van der Waals surface area contributed by atoms with Crippen LogP contribution in [-0.4, -0.2) is 6.54 Å². The third-order valence-corrected chi connectivity index (χ3v) is 1.05. The molecule has 0 aromatic rings. The Morgan fingerprint density at radius 2 is 2.43 bits per heavy atom. The van der Waals surface area contributed by atoms with Crippen molar-refractivity contribution in [1.82, 2.24) is 5.32 Å². The predicted molar refractivity (Wildman–Crippen MR) is 31.0 cm³/mol. The first-order chi connectivity index (χ1) is 3.43. The van der Waals surface area contributed by atoms with Gasteiger partial charge in [0.2, 0.25) is 0 Å². The van der Waals surface area contributed by atoms with Crippen LogP contribution in [0.25, 0.3) is 0 Å². The summed E-state index contributed by atoms with van der Waals surface area (Å²) in [6.45, 7) is 3.17. The Morgan fingerprint density at radius 3 is 2.86 bits per heavy atom. The van der Waals surface area contributed by atoms with Gasteiger partial charge in [-0.1, -0.05) is 5.57 Å². The van der Waals surface area contributed by atoms with Crippen molar-refractivity contribution in [3.05, 3.63) is 11.8 Å². The van der Waals surface area contributed by atoms with Gasteiger partial charge in [-0.05, 0) is 26.0 Å². The number of hydrogen-bond donors (Lipinski definition) is 1. The summed E-state index contributed by atoms with van der Waals surface area (Å²) in [5.41, 5.74) is 1.57. The monoisotopic (exact) mass is 97.1 g/mol. The van der Waals surface area contributed by atoms with E-state index in [4.69, 9.17) is 0 Å². The predicted octanol–water partition coefficient (Wildman–Crippen LogP) is 1.27. The SMILES string of the molecule is CCNC=C1CC1. The summed E-state index contributed by atoms with van der Waals surface area (Å²) < 4.78 is 0. The van der Waals surface area contributed by atoms with E-state index in [0.717, 1.165) is 6.54 Å². The third-order valence-electron chi connectivity index (χ3n) is 1.05. The maximum atomic E-state index is 3.15. The molecule has 0 heterocycles. The summed E-state index contributed by atoms with van der Waals surface area (Å²) in [4.78, 5) is 0. The van der Waals surface area contributed by atoms with E-state index in [-0.39, 0.29) is 0 Å². The molecule has 1 saturated carbocycles. The van der Waals surface area contributed by atoms with Gasteiger partial charge in [-0.3, -0.25) is 0 Å². The highest BCUT2D eigenvalue weighted by molar-refractivity contribution is 5.14. The van der Waals surface area contributed by atoms with E-state index in [1.165, 1.54) is 12.8 Å². The molecular formula is C6H11N. The standard InChI is InChI=1S/C6H11N/c1-2-7-5-6-3-4-6/h5,7H,2-4H2,1H3. The van der Waals surface area contributed by atoms with Crippen molar-refractivity contribution < 1.29 is 0 Å². The lowest BCUT2D eigenvalue weighted by atomic mass is 10.6. The molecule has 1 N–H and O–H groups in total. The zero-order chi connectivity index (χ0) is 5.11. The lowest BCUT2D eigenvalue weighted by Gasteiger charge is -1.86. The lowest BCUT2D eigenvalue weighted by molar-refractivity contribution is 0.916. The zero-order valence-corrected chi connectivity index (χ0v) is 4.70. The Kier molecular flexibility index (Phi) is 1.35. The van der Waals surface area contributed by atoms with E-state index in [9.17, 15) is 0 Å². The van der Waals surface area contributed by atoms with Crippen molar-refractivity contribution >= 4 is 0 Å². The van der Waals surface area contributed by atoms with Crippen LogP contribution in [0.4, 0.5) is 0 Å². The Bertz CT molecular complexity index is 78.2. The van der Waals surface area contributed by atoms with Crippen LogP contribution >= 0.6 is 0 Å². The van der Waals surface area contributed by atoms with Crippen LogP contribution in [0.15, 0.2) is 11.8 Å². The summed E-state index contributed by atoms with van der Waals surface area (Å²) in [7, 11) is 0. The Balaban J connectivity index is 2.07. The summed E-state index contributed by atoms with van der Waals surface area (Å²) in [5, 5.41) is 3.15. The van der Waals surface area contributed by atoms with Gasteiger partial charge < -0.3 is 5.32 Å². The molecule has 1 rings (SSSR count). The van der Waals surface area contributed by atoms with Crippen molar-refractivity contribution in [1.29, 1.82) is 0 Å². The summed E-state index contributed by atoms with van der Waals surface area (Å²) >= 11 is 0. The molecule has 1 fully saturated rings. The Morgan fingerprint density at radius 1 is 1.71 bits per heavy atom. The fourth-order valence-electron chi connectivity index (χ4n) is 0.463. The van der Waals surface area contributed by atoms with Crippen molar-refractivity contribution in [2.24, 2.45) is 0 Å². The third kappa shape index (κ3) is 1.62. The Labute approximate surface area is 44.4 Å². The van der Waals surface area contributed by atoms with E-state index in [1.807, 2.05) is 0 Å². The molecule has 0 aliphatic heterocycles. The molecule has 0 aromatic carbocycles. The van der Waals surface area contributed by atoms with Gasteiger partial charge in [0, 0.05) is 6.54 Å². The molecule has 1 aliphatic carbocycles. The highest BCUT2D eigenvalue weighted by atomic mass is 14.8. The highest BCUT2D eigenvalue weighted by Gasteiger charge is 2.08. The number of nitrogens with one attached hydrogen (secondary N) is 1. The van der Waals surface area contributed by atoms with E-state index in [2.05, 4.69) is 18.4 Å². The first-order valence-corrected chi connectivity index (χ1v) is 2.85. The van der Waals surface area contributed by atoms with Crippen molar-refractivity contribution in [2.45, 2.75) is 19.8 Å². The van der Waals surface area contributed by atoms with E-state index >= 15 is 0 Å². The van der Waals surface area contributed by atoms with Gasteiger partial charge in [-0.25, -0.2) is 0 Å². The quantitative estimate of drug-likeness (QED) is 0.547. The van der Waals surface area contributed by atoms with Crippen LogP contribution < -0.4 is 5.32 Å². The van der Waals surface area contributed by atoms with Gasteiger partial charge in [-0.15, -0.1) is 0 Å². The second-order valence-corrected chi connectivity index (χ2v) is 1.86. The highest BCUT2D eigenvalue weighted by Crippen LogP contribution is 2.25. The molecule has 40 valence electrons. The summed E-state index contributed by atoms with van der Waals surface area (Å²) in [5.74, 6) is 0. The van der Waals surface area contributed by atoms with Gasteiger partial charge in [0.1, 0.15) is 0 Å². The van der Waals surface area contributed by atoms with Crippen LogP contribution in [0, 0.1) is 0 Å². The second kappa shape index (κ2) is 2.01. The maximum Gasteiger partial charge on any atom is 0.0113 e. The number of hydrogen-bond acceptors (Lipinski definition) is 1. The topological polar surface area (TPSA) is 12.0 Å². The van der Waals surface area contributed by atoms with Crippen LogP contribution in [-0.2, 0) is 0 Å². The smallest absolute Gasteiger partial charge is 0.0113 e. The average molecular weight is 97.2 g/mol. The number of allylic oxidation sites excluding steroid dienone is 1. The fraction of sp³-hybridized carbons (Fsp3) is 0.667. The van der Waals surface area contributed by atoms with E-state index in [1.54, 1.807) is 5.57 Å². The first-order valence-electron chi connectivity index (χ1n) is 2.85. The molecule has 0 aromatic heterocycles. The van der Waals surface area contributed by atoms with Crippen LogP contribution in [0.1, 0.15) is 19.8 Å². The van der Waals surface area contributed by atoms with Crippen molar-refractivity contribution in [2.75, 3.05) is 6.54 Å². The molecule has 0 atom stereocenters. The molecule has 1 heteroatoms. The molecule has 0 unspecified atom stereocenters. The normalized spacial score (nSPS) is 16.4. The molecule has 0 spiro atoms. The van der Waals surface area contributed by atoms with Crippen molar-refractivity contribution in [3.8, 4) is 0 Å². The van der Waals surface area contributed by atoms with Gasteiger partial charge in [0.25, 0.3) is 0 Å². The largest absolute Gasteiger partial charge is 0.391 e. The van der Waals surface area contributed by atoms with Gasteiger partial charge in [-0.2, -0.15) is 0 Å². The molecule has 0 radical (unpaired) electrons. The Hall–Kier alpha value is -0.460. The maximum absolute atomic E-state index is 3.15. The van der Waals surface area contributed by atoms with Gasteiger partial charge >= 0.3 is 0 Å². The van der Waals surface area contributed by atoms with Crippen LogP contribution in [0.2, 0.25) is 0 Å².